The van der Waals surface area contributed by atoms with Crippen LogP contribution in [0.25, 0.3) is 10.9 Å². The number of hydrogen-bond acceptors (Lipinski definition) is 5. The highest BCUT2D eigenvalue weighted by atomic mass is 16.6. The number of aryl methyl sites for hydroxylation is 2. The predicted octanol–water partition coefficient (Wildman–Crippen LogP) is 4.44. The quantitative estimate of drug-likeness (QED) is 0.369. The zero-order valence-corrected chi connectivity index (χ0v) is 15.7. The maximum Gasteiger partial charge on any atom is 0.340 e. The molecule has 3 aromatic rings. The van der Waals surface area contributed by atoms with Crippen LogP contribution < -0.4 is 0 Å². The second kappa shape index (κ2) is 8.45. The van der Waals surface area contributed by atoms with Crippen LogP contribution in [0, 0.1) is 6.92 Å². The minimum atomic E-state index is -0.427. The summed E-state index contributed by atoms with van der Waals surface area (Å²) in [6.45, 7) is 4.08. The number of benzene rings is 2. The molecule has 27 heavy (non-hydrogen) atoms. The molecule has 5 heteroatoms. The molecule has 0 N–H and O–H groups in total. The number of fused-ring (bicyclic) bond motifs is 1. The van der Waals surface area contributed by atoms with Crippen molar-refractivity contribution in [2.75, 3.05) is 7.11 Å². The van der Waals surface area contributed by atoms with E-state index in [1.54, 1.807) is 6.21 Å². The third-order valence-corrected chi connectivity index (χ3v) is 4.48. The highest BCUT2D eigenvalue weighted by molar-refractivity contribution is 5.98. The lowest BCUT2D eigenvalue weighted by Crippen LogP contribution is -2.11. The Kier molecular flexibility index (Phi) is 5.81. The largest absolute Gasteiger partial charge is 0.465 e. The third kappa shape index (κ3) is 4.14. The summed E-state index contributed by atoms with van der Waals surface area (Å²) in [6, 6.07) is 15.8. The molecule has 0 atom stereocenters. The molecule has 0 saturated carbocycles. The molecule has 2 aromatic carbocycles. The minimum Gasteiger partial charge on any atom is -0.465 e. The van der Waals surface area contributed by atoms with Crippen molar-refractivity contribution in [2.24, 2.45) is 5.16 Å². The molecule has 3 rings (SSSR count). The summed E-state index contributed by atoms with van der Waals surface area (Å²) in [4.78, 5) is 22.2. The molecule has 0 aliphatic heterocycles. The van der Waals surface area contributed by atoms with Crippen molar-refractivity contribution in [3.05, 3.63) is 76.5 Å². The van der Waals surface area contributed by atoms with Crippen molar-refractivity contribution in [1.82, 2.24) is 4.98 Å². The number of carbonyl (C=O) groups excluding carboxylic acids is 1. The summed E-state index contributed by atoms with van der Waals surface area (Å²) < 4.78 is 4.93. The number of hydrogen-bond donors (Lipinski definition) is 0. The first-order chi connectivity index (χ1) is 13.1. The van der Waals surface area contributed by atoms with Crippen LogP contribution in [-0.4, -0.2) is 24.3 Å². The Labute approximate surface area is 158 Å². The van der Waals surface area contributed by atoms with Gasteiger partial charge in [0.25, 0.3) is 0 Å². The van der Waals surface area contributed by atoms with E-state index in [0.29, 0.717) is 11.3 Å². The van der Waals surface area contributed by atoms with Crippen molar-refractivity contribution in [3.8, 4) is 0 Å². The Morgan fingerprint density at radius 3 is 2.59 bits per heavy atom. The predicted molar refractivity (Wildman–Crippen MR) is 106 cm³/mol. The molecule has 5 nitrogen and oxygen atoms in total. The van der Waals surface area contributed by atoms with Gasteiger partial charge in [0.2, 0.25) is 0 Å². The number of pyridine rings is 1. The normalized spacial score (nSPS) is 11.1. The number of aromatic nitrogens is 1. The zero-order chi connectivity index (χ0) is 19.2. The maximum atomic E-state index is 12.3. The van der Waals surface area contributed by atoms with E-state index in [9.17, 15) is 4.79 Å². The molecule has 0 aliphatic rings. The van der Waals surface area contributed by atoms with Gasteiger partial charge in [0.15, 0.2) is 6.61 Å². The number of methoxy groups -OCH3 is 1. The van der Waals surface area contributed by atoms with E-state index in [1.807, 2.05) is 43.3 Å². The Balaban J connectivity index is 1.82. The lowest BCUT2D eigenvalue weighted by molar-refractivity contribution is 0.0591. The summed E-state index contributed by atoms with van der Waals surface area (Å²) in [7, 11) is 1.36. The standard InChI is InChI=1S/C22H22N2O3/c1-4-16-9-11-17(12-10-16)13-23-27-14-20-21(22(25)26-3)15(2)18-7-5-6-8-19(18)24-20/h5-13H,4,14H2,1-3H3/b23-13-. The topological polar surface area (TPSA) is 60.8 Å². The molecule has 1 aromatic heterocycles. The number of rotatable bonds is 6. The number of carbonyl (C=O) groups is 1. The van der Waals surface area contributed by atoms with E-state index in [2.05, 4.69) is 29.2 Å². The molecule has 0 radical (unpaired) electrons. The Bertz CT molecular complexity index is 979. The van der Waals surface area contributed by atoms with Crippen molar-refractivity contribution < 1.29 is 14.4 Å². The SMILES string of the molecule is CCc1ccc(/C=N\OCc2nc3ccccc3c(C)c2C(=O)OC)cc1. The van der Waals surface area contributed by atoms with Crippen molar-refractivity contribution in [3.63, 3.8) is 0 Å². The fourth-order valence-corrected chi connectivity index (χ4v) is 2.95. The van der Waals surface area contributed by atoms with Gasteiger partial charge in [-0.3, -0.25) is 0 Å². The second-order valence-electron chi connectivity index (χ2n) is 6.17. The van der Waals surface area contributed by atoms with Gasteiger partial charge in [0, 0.05) is 5.39 Å². The molecule has 0 unspecified atom stereocenters. The van der Waals surface area contributed by atoms with Gasteiger partial charge < -0.3 is 9.57 Å². The van der Waals surface area contributed by atoms with E-state index >= 15 is 0 Å². The van der Waals surface area contributed by atoms with Gasteiger partial charge in [-0.2, -0.15) is 0 Å². The van der Waals surface area contributed by atoms with Crippen LogP contribution in [-0.2, 0) is 22.6 Å². The lowest BCUT2D eigenvalue weighted by Gasteiger charge is -2.12. The van der Waals surface area contributed by atoms with Gasteiger partial charge in [-0.1, -0.05) is 54.5 Å². The molecule has 138 valence electrons. The van der Waals surface area contributed by atoms with Gasteiger partial charge in [0.1, 0.15) is 0 Å². The van der Waals surface area contributed by atoms with E-state index in [0.717, 1.165) is 28.5 Å². The van der Waals surface area contributed by atoms with Crippen molar-refractivity contribution in [1.29, 1.82) is 0 Å². The van der Waals surface area contributed by atoms with Crippen molar-refractivity contribution >= 4 is 23.1 Å². The average Bonchev–Trinajstić information content (AvgIpc) is 2.71. The zero-order valence-electron chi connectivity index (χ0n) is 15.7. The van der Waals surface area contributed by atoms with E-state index in [1.165, 1.54) is 12.7 Å². The monoisotopic (exact) mass is 362 g/mol. The van der Waals surface area contributed by atoms with Crippen LogP contribution >= 0.6 is 0 Å². The molecule has 0 bridgehead atoms. The number of para-hydroxylation sites is 1. The summed E-state index contributed by atoms with van der Waals surface area (Å²) in [5.74, 6) is -0.427. The van der Waals surface area contributed by atoms with Crippen LogP contribution in [0.2, 0.25) is 0 Å². The highest BCUT2D eigenvalue weighted by Crippen LogP contribution is 2.24. The summed E-state index contributed by atoms with van der Waals surface area (Å²) in [6.07, 6.45) is 2.64. The van der Waals surface area contributed by atoms with Gasteiger partial charge >= 0.3 is 5.97 Å². The Morgan fingerprint density at radius 1 is 1.15 bits per heavy atom. The van der Waals surface area contributed by atoms with Crippen LogP contribution in [0.3, 0.4) is 0 Å². The molecule has 0 saturated heterocycles. The second-order valence-corrected chi connectivity index (χ2v) is 6.17. The molecule has 1 heterocycles. The van der Waals surface area contributed by atoms with E-state index < -0.39 is 5.97 Å². The number of nitrogens with zero attached hydrogens (tertiary/aromatic N) is 2. The summed E-state index contributed by atoms with van der Waals surface area (Å²) >= 11 is 0. The molecule has 0 fully saturated rings. The first kappa shape index (κ1) is 18.6. The van der Waals surface area contributed by atoms with Gasteiger partial charge in [-0.05, 0) is 36.1 Å². The smallest absolute Gasteiger partial charge is 0.340 e. The van der Waals surface area contributed by atoms with E-state index in [4.69, 9.17) is 9.57 Å². The first-order valence-electron chi connectivity index (χ1n) is 8.84. The lowest BCUT2D eigenvalue weighted by atomic mass is 10.0. The van der Waals surface area contributed by atoms with Crippen LogP contribution in [0.5, 0.6) is 0 Å². The molecule has 0 amide bonds. The van der Waals surface area contributed by atoms with Crippen LogP contribution in [0.1, 0.15) is 39.7 Å². The molecule has 0 aliphatic carbocycles. The number of oxime groups is 1. The van der Waals surface area contributed by atoms with Crippen molar-refractivity contribution in [2.45, 2.75) is 26.9 Å². The minimum absolute atomic E-state index is 0.0830. The Morgan fingerprint density at radius 2 is 1.89 bits per heavy atom. The average molecular weight is 362 g/mol. The summed E-state index contributed by atoms with van der Waals surface area (Å²) in [5, 5.41) is 4.93. The van der Waals surface area contributed by atoms with E-state index in [-0.39, 0.29) is 6.61 Å². The fraction of sp³-hybridized carbons (Fsp3) is 0.227. The van der Waals surface area contributed by atoms with Gasteiger partial charge in [-0.25, -0.2) is 9.78 Å². The molecule has 0 spiro atoms. The van der Waals surface area contributed by atoms with Gasteiger partial charge in [0.05, 0.1) is 30.1 Å². The number of ether oxygens (including phenoxy) is 1. The highest BCUT2D eigenvalue weighted by Gasteiger charge is 2.19. The van der Waals surface area contributed by atoms with Crippen LogP contribution in [0.15, 0.2) is 53.7 Å². The van der Waals surface area contributed by atoms with Crippen LogP contribution in [0.4, 0.5) is 0 Å². The first-order valence-corrected chi connectivity index (χ1v) is 8.84. The fourth-order valence-electron chi connectivity index (χ4n) is 2.95. The maximum absolute atomic E-state index is 12.3. The molecular formula is C22H22N2O3. The molecular weight excluding hydrogens is 340 g/mol. The number of esters is 1. The third-order valence-electron chi connectivity index (χ3n) is 4.48. The Hall–Kier alpha value is -3.21. The van der Waals surface area contributed by atoms with Gasteiger partial charge in [-0.15, -0.1) is 0 Å². The summed E-state index contributed by atoms with van der Waals surface area (Å²) in [5.41, 5.74) is 4.79.